The molecule has 1 aromatic carbocycles. The summed E-state index contributed by atoms with van der Waals surface area (Å²) >= 11 is 0. The van der Waals surface area contributed by atoms with Gasteiger partial charge in [-0.15, -0.1) is 0 Å². The quantitative estimate of drug-likeness (QED) is 0.258. The van der Waals surface area contributed by atoms with Crippen molar-refractivity contribution < 1.29 is 23.1 Å². The van der Waals surface area contributed by atoms with E-state index in [-0.39, 0.29) is 24.0 Å². The first kappa shape index (κ1) is 27.5. The van der Waals surface area contributed by atoms with Crippen LogP contribution < -0.4 is 0 Å². The first-order chi connectivity index (χ1) is 15.0. The van der Waals surface area contributed by atoms with Gasteiger partial charge in [0.05, 0.1) is 6.04 Å². The molecule has 1 unspecified atom stereocenters. The van der Waals surface area contributed by atoms with Gasteiger partial charge >= 0.3 is 5.97 Å². The second-order valence-electron chi connectivity index (χ2n) is 11.8. The first-order valence-electron chi connectivity index (χ1n) is 11.9. The number of hydrogen-bond acceptors (Lipinski definition) is 4. The summed E-state index contributed by atoms with van der Waals surface area (Å²) in [5.74, 6) is -1.30. The van der Waals surface area contributed by atoms with Crippen molar-refractivity contribution in [2.75, 3.05) is 13.2 Å². The Kier molecular flexibility index (Phi) is 8.22. The van der Waals surface area contributed by atoms with Gasteiger partial charge in [0.2, 0.25) is 0 Å². The summed E-state index contributed by atoms with van der Waals surface area (Å²) in [4.78, 5) is 27.9. The second kappa shape index (κ2) is 9.86. The molecule has 0 spiro atoms. The zero-order valence-corrected chi connectivity index (χ0v) is 22.8. The van der Waals surface area contributed by atoms with Crippen LogP contribution in [0, 0.1) is 5.41 Å². The van der Waals surface area contributed by atoms with E-state index in [0.717, 1.165) is 5.56 Å². The smallest absolute Gasteiger partial charge is 0.317 e. The van der Waals surface area contributed by atoms with E-state index in [2.05, 4.69) is 33.9 Å². The van der Waals surface area contributed by atoms with E-state index in [9.17, 15) is 9.59 Å². The highest BCUT2D eigenvalue weighted by Crippen LogP contribution is 2.44. The van der Waals surface area contributed by atoms with Crippen LogP contribution in [0.25, 0.3) is 0 Å². The fourth-order valence-electron chi connectivity index (χ4n) is 3.87. The van der Waals surface area contributed by atoms with Crippen LogP contribution >= 0.6 is 0 Å². The predicted octanol–water partition coefficient (Wildman–Crippen LogP) is 6.06. The lowest BCUT2D eigenvalue weighted by Gasteiger charge is -2.37. The Bertz CT molecular complexity index is 831. The number of carbonyl (C=O) groups is 2. The number of hydrogen-bond donors (Lipinski definition) is 0. The molecule has 7 heteroatoms. The van der Waals surface area contributed by atoms with Gasteiger partial charge in [-0.2, -0.15) is 0 Å². The number of likely N-dealkylation sites (tertiary alicyclic amines) is 1. The van der Waals surface area contributed by atoms with Crippen LogP contribution in [0.4, 0.5) is 4.39 Å². The number of nitrogens with zero attached hydrogens (tertiary/aromatic N) is 1. The van der Waals surface area contributed by atoms with E-state index >= 15 is 4.39 Å². The van der Waals surface area contributed by atoms with Crippen LogP contribution in [0.3, 0.4) is 0 Å². The van der Waals surface area contributed by atoms with Crippen LogP contribution in [0.1, 0.15) is 72.9 Å². The minimum Gasteiger partial charge on any atom is -0.459 e. The average Bonchev–Trinajstić information content (AvgIpc) is 2.95. The number of benzene rings is 1. The fourth-order valence-corrected chi connectivity index (χ4v) is 4.96. The maximum Gasteiger partial charge on any atom is 0.317 e. The standard InChI is InChI=1S/C26H42FNO4Si/c1-19(20-14-11-10-12-15-20)28-18-26(21(27)22(28)29,23(30)32-24(2,3)4)16-13-17-31-33(8,9)25(5,6)7/h10-12,14-15,19,21H,13,16-18H2,1-9H3/t19-,21?,26-/m1/s1. The van der Waals surface area contributed by atoms with Crippen LogP contribution in [0.5, 0.6) is 0 Å². The summed E-state index contributed by atoms with van der Waals surface area (Å²) in [5, 5.41) is 0.0592. The molecule has 3 atom stereocenters. The molecule has 0 N–H and O–H groups in total. The molecule has 1 amide bonds. The minimum atomic E-state index is -1.96. The molecule has 1 fully saturated rings. The molecule has 0 saturated carbocycles. The van der Waals surface area contributed by atoms with Crippen molar-refractivity contribution in [2.45, 2.75) is 97.3 Å². The Morgan fingerprint density at radius 2 is 1.76 bits per heavy atom. The maximum absolute atomic E-state index is 15.7. The van der Waals surface area contributed by atoms with Crippen LogP contribution in [-0.2, 0) is 18.8 Å². The lowest BCUT2D eigenvalue weighted by atomic mass is 9.80. The molecule has 33 heavy (non-hydrogen) atoms. The molecule has 1 aliphatic rings. The topological polar surface area (TPSA) is 55.8 Å². The SMILES string of the molecule is C[C@H](c1ccccc1)N1C[C@@](CCCO[Si](C)(C)C(C)(C)C)(C(=O)OC(C)(C)C)C(F)C1=O. The minimum absolute atomic E-state index is 0.00192. The molecule has 5 nitrogen and oxygen atoms in total. The van der Waals surface area contributed by atoms with E-state index in [4.69, 9.17) is 9.16 Å². The van der Waals surface area contributed by atoms with Crippen molar-refractivity contribution in [3.8, 4) is 0 Å². The van der Waals surface area contributed by atoms with E-state index in [0.29, 0.717) is 13.0 Å². The Balaban J connectivity index is 2.26. The molecule has 1 heterocycles. The van der Waals surface area contributed by atoms with Crippen molar-refractivity contribution in [3.63, 3.8) is 0 Å². The zero-order valence-electron chi connectivity index (χ0n) is 21.8. The molecule has 1 aliphatic heterocycles. The summed E-state index contributed by atoms with van der Waals surface area (Å²) < 4.78 is 27.6. The van der Waals surface area contributed by atoms with Crippen molar-refractivity contribution in [1.82, 2.24) is 4.90 Å². The van der Waals surface area contributed by atoms with Crippen molar-refractivity contribution in [1.29, 1.82) is 0 Å². The van der Waals surface area contributed by atoms with E-state index in [1.165, 1.54) is 4.90 Å². The van der Waals surface area contributed by atoms with Crippen molar-refractivity contribution in [2.24, 2.45) is 5.41 Å². The van der Waals surface area contributed by atoms with Gasteiger partial charge in [0.25, 0.3) is 5.91 Å². The molecular formula is C26H42FNO4Si. The number of ether oxygens (including phenoxy) is 1. The van der Waals surface area contributed by atoms with Crippen LogP contribution in [-0.4, -0.2) is 50.0 Å². The van der Waals surface area contributed by atoms with Crippen molar-refractivity contribution in [3.05, 3.63) is 35.9 Å². The number of esters is 1. The number of carbonyl (C=O) groups excluding carboxylic acids is 2. The molecule has 0 radical (unpaired) electrons. The van der Waals surface area contributed by atoms with Gasteiger partial charge < -0.3 is 14.1 Å². The average molecular weight is 480 g/mol. The summed E-state index contributed by atoms with van der Waals surface area (Å²) in [6.07, 6.45) is -1.26. The second-order valence-corrected chi connectivity index (χ2v) is 16.6. The summed E-state index contributed by atoms with van der Waals surface area (Å²) in [6.45, 7) is 18.4. The summed E-state index contributed by atoms with van der Waals surface area (Å²) in [6, 6.07) is 9.15. The van der Waals surface area contributed by atoms with Gasteiger partial charge in [0.15, 0.2) is 14.5 Å². The van der Waals surface area contributed by atoms with Crippen LogP contribution in [0.2, 0.25) is 18.1 Å². The van der Waals surface area contributed by atoms with Gasteiger partial charge in [0, 0.05) is 13.2 Å². The molecule has 2 rings (SSSR count). The van der Waals surface area contributed by atoms with Gasteiger partial charge in [-0.25, -0.2) is 4.39 Å². The molecule has 186 valence electrons. The third-order valence-electron chi connectivity index (χ3n) is 7.03. The largest absolute Gasteiger partial charge is 0.459 e. The fraction of sp³-hybridized carbons (Fsp3) is 0.692. The molecular weight excluding hydrogens is 437 g/mol. The first-order valence-corrected chi connectivity index (χ1v) is 14.8. The van der Waals surface area contributed by atoms with E-state index in [1.54, 1.807) is 20.8 Å². The van der Waals surface area contributed by atoms with Gasteiger partial charge in [-0.3, -0.25) is 9.59 Å². The Labute approximate surface area is 200 Å². The number of alkyl halides is 1. The Morgan fingerprint density at radius 1 is 1.18 bits per heavy atom. The lowest BCUT2D eigenvalue weighted by Crippen LogP contribution is -2.45. The molecule has 0 aromatic heterocycles. The highest BCUT2D eigenvalue weighted by molar-refractivity contribution is 6.74. The molecule has 0 aliphatic carbocycles. The number of amides is 1. The van der Waals surface area contributed by atoms with Gasteiger partial charge in [-0.05, 0) is 64.2 Å². The number of rotatable bonds is 8. The van der Waals surface area contributed by atoms with Crippen LogP contribution in [0.15, 0.2) is 30.3 Å². The maximum atomic E-state index is 15.7. The van der Waals surface area contributed by atoms with E-state index in [1.807, 2.05) is 37.3 Å². The highest BCUT2D eigenvalue weighted by atomic mass is 28.4. The Morgan fingerprint density at radius 3 is 2.27 bits per heavy atom. The third kappa shape index (κ3) is 6.24. The zero-order chi connectivity index (χ0) is 25.2. The monoisotopic (exact) mass is 479 g/mol. The molecule has 1 saturated heterocycles. The lowest BCUT2D eigenvalue weighted by molar-refractivity contribution is -0.171. The van der Waals surface area contributed by atoms with Crippen molar-refractivity contribution >= 4 is 20.2 Å². The molecule has 1 aromatic rings. The normalized spacial score (nSPS) is 23.0. The molecule has 0 bridgehead atoms. The van der Waals surface area contributed by atoms with Gasteiger partial charge in [-0.1, -0.05) is 51.1 Å². The summed E-state index contributed by atoms with van der Waals surface area (Å²) in [7, 11) is -1.96. The predicted molar refractivity (Wildman–Crippen MR) is 132 cm³/mol. The summed E-state index contributed by atoms with van der Waals surface area (Å²) in [5.41, 5.74) is -1.41. The number of halogens is 1. The van der Waals surface area contributed by atoms with E-state index < -0.39 is 37.4 Å². The highest BCUT2D eigenvalue weighted by Gasteiger charge is 2.60. The van der Waals surface area contributed by atoms with Gasteiger partial charge in [0.1, 0.15) is 11.0 Å². The Hall–Kier alpha value is -1.73. The third-order valence-corrected chi connectivity index (χ3v) is 11.6.